The van der Waals surface area contributed by atoms with E-state index < -0.39 is 0 Å². The van der Waals surface area contributed by atoms with E-state index in [0.29, 0.717) is 11.1 Å². The topological polar surface area (TPSA) is 20.3 Å². The van der Waals surface area contributed by atoms with Gasteiger partial charge in [-0.05, 0) is 43.2 Å². The molecule has 0 aliphatic heterocycles. The number of Topliss-reactive ketones (excluding diaryl/α,β-unsaturated/α-hetero) is 1. The number of benzene rings is 3. The van der Waals surface area contributed by atoms with E-state index in [-0.39, 0.29) is 5.78 Å². The Morgan fingerprint density at radius 2 is 1.26 bits per heavy atom. The van der Waals surface area contributed by atoms with Crippen LogP contribution in [0.3, 0.4) is 0 Å². The van der Waals surface area contributed by atoms with Crippen LogP contribution in [0.4, 0.5) is 5.69 Å². The van der Waals surface area contributed by atoms with Crippen molar-refractivity contribution < 1.29 is 4.79 Å². The molecule has 0 heterocycles. The summed E-state index contributed by atoms with van der Waals surface area (Å²) in [5.74, 6) is 0.0367. The molecule has 0 unspecified atom stereocenters. The molecule has 0 atom stereocenters. The minimum Gasteiger partial charge on any atom is -0.372 e. The van der Waals surface area contributed by atoms with Gasteiger partial charge in [-0.25, -0.2) is 0 Å². The minimum atomic E-state index is 0.0367. The molecule has 2 heteroatoms. The fourth-order valence-electron chi connectivity index (χ4n) is 3.18. The monoisotopic (exact) mass is 355 g/mol. The Labute approximate surface area is 161 Å². The van der Waals surface area contributed by atoms with E-state index in [9.17, 15) is 4.79 Å². The Balaban J connectivity index is 1.99. The second kappa shape index (κ2) is 9.00. The van der Waals surface area contributed by atoms with Gasteiger partial charge in [0.2, 0.25) is 0 Å². The van der Waals surface area contributed by atoms with Crippen molar-refractivity contribution in [3.8, 4) is 0 Å². The number of hydrogen-bond donors (Lipinski definition) is 0. The first kappa shape index (κ1) is 18.7. The lowest BCUT2D eigenvalue weighted by atomic mass is 9.95. The summed E-state index contributed by atoms with van der Waals surface area (Å²) in [5.41, 5.74) is 4.56. The number of ketones is 1. The molecule has 27 heavy (non-hydrogen) atoms. The van der Waals surface area contributed by atoms with Gasteiger partial charge in [0.25, 0.3) is 0 Å². The third-order valence-corrected chi connectivity index (χ3v) is 4.70. The van der Waals surface area contributed by atoms with Crippen LogP contribution in [-0.4, -0.2) is 18.9 Å². The lowest BCUT2D eigenvalue weighted by Crippen LogP contribution is -2.21. The Kier molecular flexibility index (Phi) is 6.22. The van der Waals surface area contributed by atoms with Crippen molar-refractivity contribution >= 4 is 23.1 Å². The smallest absolute Gasteiger partial charge is 0.193 e. The largest absolute Gasteiger partial charge is 0.372 e. The summed E-state index contributed by atoms with van der Waals surface area (Å²) < 4.78 is 0. The summed E-state index contributed by atoms with van der Waals surface area (Å²) in [4.78, 5) is 15.4. The molecule has 0 fully saturated rings. The highest BCUT2D eigenvalue weighted by Gasteiger charge is 2.14. The molecule has 0 N–H and O–H groups in total. The normalized spacial score (nSPS) is 11.3. The second-order valence-electron chi connectivity index (χ2n) is 6.38. The van der Waals surface area contributed by atoms with Crippen molar-refractivity contribution in [2.24, 2.45) is 0 Å². The third-order valence-electron chi connectivity index (χ3n) is 4.70. The van der Waals surface area contributed by atoms with Crippen LogP contribution >= 0.6 is 0 Å². The van der Waals surface area contributed by atoms with Crippen LogP contribution < -0.4 is 4.90 Å². The van der Waals surface area contributed by atoms with E-state index in [0.717, 1.165) is 24.2 Å². The fourth-order valence-corrected chi connectivity index (χ4v) is 3.18. The lowest BCUT2D eigenvalue weighted by Gasteiger charge is -2.21. The second-order valence-corrected chi connectivity index (χ2v) is 6.38. The maximum Gasteiger partial charge on any atom is 0.193 e. The Hall–Kier alpha value is -3.13. The minimum absolute atomic E-state index is 0.0367. The van der Waals surface area contributed by atoms with Crippen LogP contribution in [0.15, 0.2) is 84.9 Å². The number of allylic oxidation sites excluding steroid dienone is 1. The van der Waals surface area contributed by atoms with Gasteiger partial charge < -0.3 is 4.90 Å². The van der Waals surface area contributed by atoms with Crippen LogP contribution in [-0.2, 0) is 0 Å². The highest BCUT2D eigenvalue weighted by molar-refractivity contribution is 6.32. The predicted octanol–water partition coefficient (Wildman–Crippen LogP) is 5.96. The maximum atomic E-state index is 13.1. The summed E-state index contributed by atoms with van der Waals surface area (Å²) in [5, 5.41) is 0. The predicted molar refractivity (Wildman–Crippen MR) is 115 cm³/mol. The molecule has 0 amide bonds. The molecule has 136 valence electrons. The molecule has 0 saturated carbocycles. The summed E-state index contributed by atoms with van der Waals surface area (Å²) in [6.45, 7) is 6.27. The van der Waals surface area contributed by atoms with Gasteiger partial charge in [0.05, 0.1) is 0 Å². The van der Waals surface area contributed by atoms with E-state index in [1.54, 1.807) is 0 Å². The maximum absolute atomic E-state index is 13.1. The van der Waals surface area contributed by atoms with Gasteiger partial charge in [0.15, 0.2) is 5.78 Å². The van der Waals surface area contributed by atoms with Gasteiger partial charge in [0.1, 0.15) is 0 Å². The van der Waals surface area contributed by atoms with E-state index >= 15 is 0 Å². The Morgan fingerprint density at radius 1 is 0.741 bits per heavy atom. The molecule has 0 aliphatic carbocycles. The number of carbonyl (C=O) groups is 1. The Morgan fingerprint density at radius 3 is 1.78 bits per heavy atom. The van der Waals surface area contributed by atoms with Gasteiger partial charge in [-0.3, -0.25) is 4.79 Å². The first-order chi connectivity index (χ1) is 13.2. The molecule has 0 aromatic heterocycles. The molecule has 3 rings (SSSR count). The molecule has 0 saturated heterocycles. The van der Waals surface area contributed by atoms with E-state index in [4.69, 9.17) is 0 Å². The van der Waals surface area contributed by atoms with Crippen molar-refractivity contribution in [1.29, 1.82) is 0 Å². The molecule has 0 radical (unpaired) electrons. The van der Waals surface area contributed by atoms with Gasteiger partial charge >= 0.3 is 0 Å². The average molecular weight is 355 g/mol. The van der Waals surface area contributed by atoms with Gasteiger partial charge in [-0.2, -0.15) is 0 Å². The molecule has 3 aromatic rings. The summed E-state index contributed by atoms with van der Waals surface area (Å²) in [6.07, 6.45) is 1.98. The zero-order valence-corrected chi connectivity index (χ0v) is 15.9. The number of anilines is 1. The van der Waals surface area contributed by atoms with Crippen molar-refractivity contribution in [2.45, 2.75) is 13.8 Å². The molecule has 0 bridgehead atoms. The first-order valence-electron chi connectivity index (χ1n) is 9.44. The van der Waals surface area contributed by atoms with Crippen LogP contribution in [0.1, 0.15) is 35.3 Å². The fraction of sp³-hybridized carbons (Fsp3) is 0.160. The van der Waals surface area contributed by atoms with Gasteiger partial charge in [-0.1, -0.05) is 72.8 Å². The standard InChI is InChI=1S/C25H25NO/c1-3-26(4-2)23-17-15-20(16-18-23)19-24(21-11-7-5-8-12-21)25(27)22-13-9-6-10-14-22/h5-19H,3-4H2,1-2H3. The van der Waals surface area contributed by atoms with Gasteiger partial charge in [-0.15, -0.1) is 0 Å². The lowest BCUT2D eigenvalue weighted by molar-refractivity contribution is 0.105. The zero-order chi connectivity index (χ0) is 19.1. The van der Waals surface area contributed by atoms with Crippen molar-refractivity contribution in [3.05, 3.63) is 102 Å². The summed E-state index contributed by atoms with van der Waals surface area (Å²) in [6, 6.07) is 27.7. The highest BCUT2D eigenvalue weighted by Crippen LogP contribution is 2.24. The van der Waals surface area contributed by atoms with Crippen molar-refractivity contribution in [3.63, 3.8) is 0 Å². The Bertz CT molecular complexity index is 892. The van der Waals surface area contributed by atoms with Crippen LogP contribution in [0, 0.1) is 0 Å². The average Bonchev–Trinajstić information content (AvgIpc) is 2.74. The molecule has 0 spiro atoms. The summed E-state index contributed by atoms with van der Waals surface area (Å²) in [7, 11) is 0. The van der Waals surface area contributed by atoms with E-state index in [2.05, 4.69) is 43.0 Å². The SMILES string of the molecule is CCN(CC)c1ccc(C=C(C(=O)c2ccccc2)c2ccccc2)cc1. The quantitative estimate of drug-likeness (QED) is 0.296. The number of rotatable bonds is 7. The van der Waals surface area contributed by atoms with Crippen LogP contribution in [0.5, 0.6) is 0 Å². The molecule has 0 aliphatic rings. The zero-order valence-electron chi connectivity index (χ0n) is 15.9. The van der Waals surface area contributed by atoms with Crippen molar-refractivity contribution in [2.75, 3.05) is 18.0 Å². The third kappa shape index (κ3) is 4.53. The van der Waals surface area contributed by atoms with E-state index in [1.165, 1.54) is 5.69 Å². The molecular weight excluding hydrogens is 330 g/mol. The first-order valence-corrected chi connectivity index (χ1v) is 9.44. The van der Waals surface area contributed by atoms with Crippen molar-refractivity contribution in [1.82, 2.24) is 0 Å². The molecule has 2 nitrogen and oxygen atoms in total. The van der Waals surface area contributed by atoms with Gasteiger partial charge in [0, 0.05) is 29.9 Å². The van der Waals surface area contributed by atoms with Crippen LogP contribution in [0.25, 0.3) is 11.6 Å². The molecular formula is C25H25NO. The number of nitrogens with zero attached hydrogens (tertiary/aromatic N) is 1. The van der Waals surface area contributed by atoms with E-state index in [1.807, 2.05) is 66.7 Å². The van der Waals surface area contributed by atoms with Crippen LogP contribution in [0.2, 0.25) is 0 Å². The number of hydrogen-bond acceptors (Lipinski definition) is 2. The summed E-state index contributed by atoms with van der Waals surface area (Å²) >= 11 is 0. The highest BCUT2D eigenvalue weighted by atomic mass is 16.1. The molecule has 3 aromatic carbocycles. The number of carbonyl (C=O) groups excluding carboxylic acids is 1.